The third-order valence-corrected chi connectivity index (χ3v) is 6.27. The maximum atomic E-state index is 13.1. The number of anilines is 1. The van der Waals surface area contributed by atoms with Gasteiger partial charge < -0.3 is 10.1 Å². The van der Waals surface area contributed by atoms with E-state index in [2.05, 4.69) is 63.7 Å². The van der Waals surface area contributed by atoms with Crippen LogP contribution >= 0.6 is 15.9 Å². The molecule has 2 aliphatic rings. The lowest BCUT2D eigenvalue weighted by Crippen LogP contribution is -2.27. The summed E-state index contributed by atoms with van der Waals surface area (Å²) in [5.74, 6) is 1.02. The number of rotatable bonds is 2. The highest BCUT2D eigenvalue weighted by Crippen LogP contribution is 2.49. The monoisotopic (exact) mass is 433 g/mol. The molecule has 0 spiro atoms. The van der Waals surface area contributed by atoms with E-state index in [9.17, 15) is 4.79 Å². The number of allylic oxidation sites excluding steroid dienone is 1. The van der Waals surface area contributed by atoms with Crippen LogP contribution in [0.5, 0.6) is 5.75 Å². The van der Waals surface area contributed by atoms with Gasteiger partial charge in [0.1, 0.15) is 5.75 Å². The summed E-state index contributed by atoms with van der Waals surface area (Å²) in [7, 11) is 1.68. The van der Waals surface area contributed by atoms with Crippen molar-refractivity contribution < 1.29 is 9.53 Å². The number of methoxy groups -OCH3 is 1. The fourth-order valence-electron chi connectivity index (χ4n) is 4.57. The lowest BCUT2D eigenvalue weighted by molar-refractivity contribution is -0.116. The van der Waals surface area contributed by atoms with Gasteiger partial charge in [0.2, 0.25) is 0 Å². The summed E-state index contributed by atoms with van der Waals surface area (Å²) in [6, 6.07) is 18.4. The number of Topliss-reactive ketones (excluding diaryl/α,β-unsaturated/α-hetero) is 1. The van der Waals surface area contributed by atoms with E-state index in [1.165, 1.54) is 21.9 Å². The normalized spacial score (nSPS) is 18.5. The molecule has 0 bridgehead atoms. The van der Waals surface area contributed by atoms with Crippen LogP contribution in [0.25, 0.3) is 16.3 Å². The molecule has 1 aliphatic carbocycles. The predicted molar refractivity (Wildman–Crippen MR) is 117 cm³/mol. The number of hydrogen-bond acceptors (Lipinski definition) is 3. The minimum Gasteiger partial charge on any atom is -0.496 e. The fourth-order valence-corrected chi connectivity index (χ4v) is 4.95. The number of ketones is 1. The van der Waals surface area contributed by atoms with E-state index in [0.29, 0.717) is 6.42 Å². The number of carbonyl (C=O) groups is 1. The third-order valence-electron chi connectivity index (χ3n) is 5.78. The molecule has 0 aromatic heterocycles. The summed E-state index contributed by atoms with van der Waals surface area (Å²) < 4.78 is 6.60. The first-order valence-electron chi connectivity index (χ1n) is 9.55. The molecule has 3 aromatic carbocycles. The zero-order valence-electron chi connectivity index (χ0n) is 15.6. The number of carbonyl (C=O) groups excluding carboxylic acids is 1. The molecular formula is C24H20BrNO2. The number of ether oxygens (including phenoxy) is 1. The van der Waals surface area contributed by atoms with Gasteiger partial charge in [0.15, 0.2) is 5.78 Å². The van der Waals surface area contributed by atoms with Gasteiger partial charge in [-0.25, -0.2) is 0 Å². The molecule has 5 rings (SSSR count). The molecule has 3 nitrogen and oxygen atoms in total. The molecule has 0 radical (unpaired) electrons. The largest absolute Gasteiger partial charge is 0.496 e. The van der Waals surface area contributed by atoms with Crippen molar-refractivity contribution in [2.24, 2.45) is 0 Å². The van der Waals surface area contributed by atoms with E-state index in [1.54, 1.807) is 7.11 Å². The zero-order chi connectivity index (χ0) is 19.3. The highest BCUT2D eigenvalue weighted by Gasteiger charge is 2.36. The highest BCUT2D eigenvalue weighted by molar-refractivity contribution is 9.10. The average molecular weight is 434 g/mol. The second-order valence-corrected chi connectivity index (χ2v) is 8.26. The van der Waals surface area contributed by atoms with Gasteiger partial charge in [-0.15, -0.1) is 0 Å². The Balaban J connectivity index is 1.80. The summed E-state index contributed by atoms with van der Waals surface area (Å²) in [5, 5.41) is 6.06. The molecule has 1 aliphatic heterocycles. The van der Waals surface area contributed by atoms with E-state index in [-0.39, 0.29) is 11.8 Å². The van der Waals surface area contributed by atoms with Crippen molar-refractivity contribution in [1.29, 1.82) is 0 Å². The maximum absolute atomic E-state index is 13.1. The van der Waals surface area contributed by atoms with E-state index in [4.69, 9.17) is 4.74 Å². The Morgan fingerprint density at radius 2 is 1.93 bits per heavy atom. The zero-order valence-corrected chi connectivity index (χ0v) is 17.2. The van der Waals surface area contributed by atoms with Gasteiger partial charge in [0.05, 0.1) is 13.2 Å². The molecule has 0 saturated heterocycles. The van der Waals surface area contributed by atoms with Crippen molar-refractivity contribution in [3.05, 3.63) is 75.8 Å². The Morgan fingerprint density at radius 1 is 1.07 bits per heavy atom. The molecule has 1 atom stereocenters. The Bertz CT molecular complexity index is 1150. The Labute approximate surface area is 172 Å². The van der Waals surface area contributed by atoms with Gasteiger partial charge in [-0.2, -0.15) is 0 Å². The van der Waals surface area contributed by atoms with Gasteiger partial charge in [0, 0.05) is 33.3 Å². The lowest BCUT2D eigenvalue weighted by Gasteiger charge is -2.35. The van der Waals surface area contributed by atoms with Crippen LogP contribution in [-0.4, -0.2) is 12.9 Å². The first-order valence-corrected chi connectivity index (χ1v) is 10.3. The van der Waals surface area contributed by atoms with Crippen LogP contribution in [0.4, 0.5) is 5.69 Å². The minimum absolute atomic E-state index is 0.205. The maximum Gasteiger partial charge on any atom is 0.161 e. The summed E-state index contributed by atoms with van der Waals surface area (Å²) in [5.41, 5.74) is 5.34. The number of halogens is 1. The second kappa shape index (κ2) is 6.78. The van der Waals surface area contributed by atoms with Crippen molar-refractivity contribution in [2.75, 3.05) is 12.4 Å². The Kier molecular flexibility index (Phi) is 4.24. The number of benzene rings is 3. The first kappa shape index (κ1) is 17.5. The van der Waals surface area contributed by atoms with Gasteiger partial charge in [-0.05, 0) is 53.5 Å². The van der Waals surface area contributed by atoms with Gasteiger partial charge in [0.25, 0.3) is 0 Å². The lowest BCUT2D eigenvalue weighted by atomic mass is 9.76. The van der Waals surface area contributed by atoms with Crippen molar-refractivity contribution in [1.82, 2.24) is 0 Å². The average Bonchev–Trinajstić information content (AvgIpc) is 2.73. The topological polar surface area (TPSA) is 38.3 Å². The molecule has 0 saturated carbocycles. The van der Waals surface area contributed by atoms with E-state index in [1.807, 2.05) is 12.1 Å². The third kappa shape index (κ3) is 2.67. The molecule has 28 heavy (non-hydrogen) atoms. The standard InChI is InChI=1S/C24H20BrNO2/c1-28-21-12-10-15(25)13-18(21)24-23-17(7-4-8-20(23)27)22-16-6-3-2-5-14(16)9-11-19(22)26-24/h2-3,5-6,9-13,24,26H,4,7-8H2,1H3/t24-/m1/s1. The molecule has 3 aromatic rings. The number of nitrogens with one attached hydrogen (secondary N) is 1. The Hall–Kier alpha value is -2.59. The first-order chi connectivity index (χ1) is 13.7. The van der Waals surface area contributed by atoms with Crippen LogP contribution in [0.2, 0.25) is 0 Å². The predicted octanol–water partition coefficient (Wildman–Crippen LogP) is 6.28. The molecule has 1 N–H and O–H groups in total. The van der Waals surface area contributed by atoms with Crippen molar-refractivity contribution >= 4 is 43.7 Å². The van der Waals surface area contributed by atoms with Gasteiger partial charge >= 0.3 is 0 Å². The number of hydrogen-bond donors (Lipinski definition) is 1. The summed E-state index contributed by atoms with van der Waals surface area (Å²) in [4.78, 5) is 13.1. The van der Waals surface area contributed by atoms with E-state index >= 15 is 0 Å². The van der Waals surface area contributed by atoms with Crippen molar-refractivity contribution in [2.45, 2.75) is 25.3 Å². The van der Waals surface area contributed by atoms with E-state index < -0.39 is 0 Å². The Morgan fingerprint density at radius 3 is 2.79 bits per heavy atom. The quantitative estimate of drug-likeness (QED) is 0.516. The van der Waals surface area contributed by atoms with Crippen LogP contribution in [0.1, 0.15) is 36.4 Å². The van der Waals surface area contributed by atoms with E-state index in [0.717, 1.165) is 39.9 Å². The molecule has 0 fully saturated rings. The highest BCUT2D eigenvalue weighted by atomic mass is 79.9. The fraction of sp³-hybridized carbons (Fsp3) is 0.208. The molecule has 140 valence electrons. The van der Waals surface area contributed by atoms with Crippen LogP contribution in [0.3, 0.4) is 0 Å². The second-order valence-electron chi connectivity index (χ2n) is 7.34. The molecule has 1 heterocycles. The minimum atomic E-state index is -0.205. The van der Waals surface area contributed by atoms with Crippen LogP contribution < -0.4 is 10.1 Å². The van der Waals surface area contributed by atoms with Gasteiger partial charge in [-0.3, -0.25) is 4.79 Å². The van der Waals surface area contributed by atoms with Crippen molar-refractivity contribution in [3.8, 4) is 5.75 Å². The molecular weight excluding hydrogens is 414 g/mol. The summed E-state index contributed by atoms with van der Waals surface area (Å²) in [6.45, 7) is 0. The van der Waals surface area contributed by atoms with Crippen LogP contribution in [0.15, 0.2) is 64.6 Å². The van der Waals surface area contributed by atoms with Crippen LogP contribution in [-0.2, 0) is 4.79 Å². The molecule has 0 amide bonds. The van der Waals surface area contributed by atoms with Crippen LogP contribution in [0, 0.1) is 0 Å². The smallest absolute Gasteiger partial charge is 0.161 e. The molecule has 4 heteroatoms. The summed E-state index contributed by atoms with van der Waals surface area (Å²) in [6.07, 6.45) is 2.44. The molecule has 0 unspecified atom stereocenters. The van der Waals surface area contributed by atoms with Gasteiger partial charge in [-0.1, -0.05) is 46.3 Å². The van der Waals surface area contributed by atoms with Crippen molar-refractivity contribution in [3.63, 3.8) is 0 Å². The SMILES string of the molecule is COc1ccc(Br)cc1[C@H]1Nc2ccc3ccccc3c2C2=C1C(=O)CCC2. The summed E-state index contributed by atoms with van der Waals surface area (Å²) >= 11 is 3.58. The number of fused-ring (bicyclic) bond motifs is 4.